The monoisotopic (exact) mass is 322 g/mol. The Balaban J connectivity index is 2.15. The summed E-state index contributed by atoms with van der Waals surface area (Å²) in [5, 5.41) is 2.49. The molecule has 0 saturated heterocycles. The van der Waals surface area contributed by atoms with Gasteiger partial charge in [0.05, 0.1) is 0 Å². The Kier molecular flexibility index (Phi) is 4.24. The summed E-state index contributed by atoms with van der Waals surface area (Å²) < 4.78 is 14.8. The van der Waals surface area contributed by atoms with Gasteiger partial charge in [0.1, 0.15) is 11.5 Å². The van der Waals surface area contributed by atoms with Gasteiger partial charge in [-0.15, -0.1) is 6.58 Å². The normalized spacial score (nSPS) is 10.5. The molecule has 4 nitrogen and oxygen atoms in total. The molecule has 0 saturated carbocycles. The first-order valence-corrected chi connectivity index (χ1v) is 7.41. The molecule has 1 N–H and O–H groups in total. The van der Waals surface area contributed by atoms with Crippen molar-refractivity contribution in [2.75, 3.05) is 6.54 Å². The zero-order valence-corrected chi connectivity index (χ0v) is 12.8. The molecule has 120 valence electrons. The quantitative estimate of drug-likeness (QED) is 0.445. The highest BCUT2D eigenvalue weighted by atomic mass is 19.1. The van der Waals surface area contributed by atoms with Crippen molar-refractivity contribution in [3.63, 3.8) is 0 Å². The molecule has 1 aromatic carbocycles. The van der Waals surface area contributed by atoms with Crippen LogP contribution in [-0.2, 0) is 4.79 Å². The minimum atomic E-state index is -0.706. The Morgan fingerprint density at radius 1 is 1.17 bits per heavy atom. The van der Waals surface area contributed by atoms with E-state index in [4.69, 9.17) is 0 Å². The number of ketones is 1. The number of hydrogen-bond donors (Lipinski definition) is 1. The highest BCUT2D eigenvalue weighted by Gasteiger charge is 2.24. The summed E-state index contributed by atoms with van der Waals surface area (Å²) in [6.45, 7) is 3.72. The number of fused-ring (bicyclic) bond motifs is 1. The van der Waals surface area contributed by atoms with E-state index in [1.54, 1.807) is 34.9 Å². The lowest BCUT2D eigenvalue weighted by Crippen LogP contribution is -2.32. The van der Waals surface area contributed by atoms with Crippen LogP contribution in [0.25, 0.3) is 16.6 Å². The molecule has 0 radical (unpaired) electrons. The number of nitrogens with zero attached hydrogens (tertiary/aromatic N) is 1. The topological polar surface area (TPSA) is 50.6 Å². The van der Waals surface area contributed by atoms with E-state index in [9.17, 15) is 14.0 Å². The van der Waals surface area contributed by atoms with E-state index >= 15 is 0 Å². The van der Waals surface area contributed by atoms with Crippen molar-refractivity contribution in [3.05, 3.63) is 78.9 Å². The Hall–Kier alpha value is -3.21. The minimum Gasteiger partial charge on any atom is -0.346 e. The molecule has 2 aromatic heterocycles. The van der Waals surface area contributed by atoms with Crippen molar-refractivity contribution in [2.24, 2.45) is 0 Å². The first kappa shape index (κ1) is 15.7. The van der Waals surface area contributed by atoms with Crippen LogP contribution in [0.3, 0.4) is 0 Å². The van der Waals surface area contributed by atoms with Crippen LogP contribution in [0.2, 0.25) is 0 Å². The molecule has 5 heteroatoms. The summed E-state index contributed by atoms with van der Waals surface area (Å²) in [7, 11) is 0. The molecule has 24 heavy (non-hydrogen) atoms. The van der Waals surface area contributed by atoms with E-state index in [1.165, 1.54) is 18.2 Å². The predicted octanol–water partition coefficient (Wildman–Crippen LogP) is 3.23. The predicted molar refractivity (Wildman–Crippen MR) is 90.3 cm³/mol. The summed E-state index contributed by atoms with van der Waals surface area (Å²) in [5.74, 6) is -1.72. The van der Waals surface area contributed by atoms with E-state index in [-0.39, 0.29) is 18.1 Å². The first-order chi connectivity index (χ1) is 11.6. The standard InChI is InChI=1S/C19H15FN2O2/c1-2-10-21-19(24)18(23)17-16(13-6-8-14(20)9-7-13)12-15-5-3-4-11-22(15)17/h2-9,11-12H,1,10H2,(H,21,24). The third kappa shape index (κ3) is 2.84. The molecule has 0 aliphatic heterocycles. The summed E-state index contributed by atoms with van der Waals surface area (Å²) >= 11 is 0. The third-order valence-corrected chi connectivity index (χ3v) is 3.66. The van der Waals surface area contributed by atoms with Crippen molar-refractivity contribution in [3.8, 4) is 11.1 Å². The van der Waals surface area contributed by atoms with Crippen molar-refractivity contribution in [1.29, 1.82) is 0 Å². The van der Waals surface area contributed by atoms with Crippen LogP contribution < -0.4 is 5.32 Å². The summed E-state index contributed by atoms with van der Waals surface area (Å²) in [6, 6.07) is 13.1. The van der Waals surface area contributed by atoms with Gasteiger partial charge >= 0.3 is 0 Å². The van der Waals surface area contributed by atoms with Gasteiger partial charge in [-0.05, 0) is 35.9 Å². The number of rotatable bonds is 5. The van der Waals surface area contributed by atoms with E-state index in [0.29, 0.717) is 11.1 Å². The number of aromatic nitrogens is 1. The molecule has 3 rings (SSSR count). The Morgan fingerprint density at radius 3 is 2.62 bits per heavy atom. The molecule has 0 fully saturated rings. The molecular formula is C19H15FN2O2. The fourth-order valence-electron chi connectivity index (χ4n) is 2.56. The molecule has 0 spiro atoms. The Morgan fingerprint density at radius 2 is 1.92 bits per heavy atom. The summed E-state index contributed by atoms with van der Waals surface area (Å²) in [4.78, 5) is 24.7. The zero-order valence-electron chi connectivity index (χ0n) is 12.8. The number of carbonyl (C=O) groups is 2. The van der Waals surface area contributed by atoms with Gasteiger partial charge in [0.2, 0.25) is 0 Å². The number of benzene rings is 1. The lowest BCUT2D eigenvalue weighted by atomic mass is 10.0. The van der Waals surface area contributed by atoms with Crippen molar-refractivity contribution in [1.82, 2.24) is 9.72 Å². The third-order valence-electron chi connectivity index (χ3n) is 3.66. The van der Waals surface area contributed by atoms with Gasteiger partial charge < -0.3 is 9.72 Å². The molecule has 1 amide bonds. The lowest BCUT2D eigenvalue weighted by Gasteiger charge is -2.06. The van der Waals surface area contributed by atoms with Crippen molar-refractivity contribution in [2.45, 2.75) is 0 Å². The molecule has 0 aliphatic rings. The molecular weight excluding hydrogens is 307 g/mol. The minimum absolute atomic E-state index is 0.208. The number of Topliss-reactive ketones (excluding diaryl/α,β-unsaturated/α-hetero) is 1. The van der Waals surface area contributed by atoms with Crippen LogP contribution in [0.1, 0.15) is 10.5 Å². The number of halogens is 1. The number of amides is 1. The van der Waals surface area contributed by atoms with Gasteiger partial charge in [-0.2, -0.15) is 0 Å². The molecule has 0 aliphatic carbocycles. The van der Waals surface area contributed by atoms with Crippen LogP contribution >= 0.6 is 0 Å². The van der Waals surface area contributed by atoms with Crippen LogP contribution in [-0.4, -0.2) is 22.6 Å². The maximum absolute atomic E-state index is 13.2. The second-order valence-corrected chi connectivity index (χ2v) is 5.24. The highest BCUT2D eigenvalue weighted by molar-refractivity contribution is 6.43. The lowest BCUT2D eigenvalue weighted by molar-refractivity contribution is -0.116. The van der Waals surface area contributed by atoms with E-state index in [0.717, 1.165) is 5.52 Å². The van der Waals surface area contributed by atoms with Crippen LogP contribution in [0.4, 0.5) is 4.39 Å². The van der Waals surface area contributed by atoms with Crippen LogP contribution in [0.5, 0.6) is 0 Å². The number of carbonyl (C=O) groups excluding carboxylic acids is 2. The second-order valence-electron chi connectivity index (χ2n) is 5.24. The SMILES string of the molecule is C=CCNC(=O)C(=O)c1c(-c2ccc(F)cc2)cc2ccccn12. The second kappa shape index (κ2) is 6.50. The van der Waals surface area contributed by atoms with E-state index < -0.39 is 11.7 Å². The maximum atomic E-state index is 13.2. The maximum Gasteiger partial charge on any atom is 0.294 e. The van der Waals surface area contributed by atoms with E-state index in [1.807, 2.05) is 12.1 Å². The smallest absolute Gasteiger partial charge is 0.294 e. The first-order valence-electron chi connectivity index (χ1n) is 7.41. The van der Waals surface area contributed by atoms with E-state index in [2.05, 4.69) is 11.9 Å². The van der Waals surface area contributed by atoms with Gasteiger partial charge in [-0.1, -0.05) is 24.3 Å². The molecule has 3 aromatic rings. The average molecular weight is 322 g/mol. The Bertz CT molecular complexity index is 926. The van der Waals surface area contributed by atoms with Gasteiger partial charge in [0, 0.05) is 23.8 Å². The largest absolute Gasteiger partial charge is 0.346 e. The number of nitrogens with one attached hydrogen (secondary N) is 1. The fourth-order valence-corrected chi connectivity index (χ4v) is 2.56. The number of hydrogen-bond acceptors (Lipinski definition) is 2. The van der Waals surface area contributed by atoms with Gasteiger partial charge in [-0.3, -0.25) is 9.59 Å². The summed E-state index contributed by atoms with van der Waals surface area (Å²) in [5.41, 5.74) is 2.27. The van der Waals surface area contributed by atoms with Crippen molar-refractivity contribution >= 4 is 17.2 Å². The van der Waals surface area contributed by atoms with Crippen LogP contribution in [0, 0.1) is 5.82 Å². The molecule has 0 unspecified atom stereocenters. The van der Waals surface area contributed by atoms with Gasteiger partial charge in [-0.25, -0.2) is 4.39 Å². The fraction of sp³-hybridized carbons (Fsp3) is 0.0526. The Labute approximate surface area is 138 Å². The summed E-state index contributed by atoms with van der Waals surface area (Å²) in [6.07, 6.45) is 3.22. The zero-order chi connectivity index (χ0) is 17.1. The molecule has 2 heterocycles. The highest BCUT2D eigenvalue weighted by Crippen LogP contribution is 2.28. The average Bonchev–Trinajstić information content (AvgIpc) is 2.99. The number of pyridine rings is 1. The molecule has 0 atom stereocenters. The molecule has 0 bridgehead atoms. The van der Waals surface area contributed by atoms with Crippen molar-refractivity contribution < 1.29 is 14.0 Å². The van der Waals surface area contributed by atoms with Gasteiger partial charge in [0.15, 0.2) is 0 Å². The van der Waals surface area contributed by atoms with Gasteiger partial charge in [0.25, 0.3) is 11.7 Å². The van der Waals surface area contributed by atoms with Crippen LogP contribution in [0.15, 0.2) is 67.4 Å².